The van der Waals surface area contributed by atoms with E-state index in [4.69, 9.17) is 10.5 Å². The average Bonchev–Trinajstić information content (AvgIpc) is 2.81. The maximum absolute atomic E-state index is 11.5. The van der Waals surface area contributed by atoms with Crippen LogP contribution in [0.1, 0.15) is 30.9 Å². The summed E-state index contributed by atoms with van der Waals surface area (Å²) >= 11 is 0. The number of hydrogen-bond acceptors (Lipinski definition) is 5. The second kappa shape index (κ2) is 11.4. The van der Waals surface area contributed by atoms with Gasteiger partial charge in [-0.05, 0) is 43.5 Å². The summed E-state index contributed by atoms with van der Waals surface area (Å²) < 4.78 is 5.52. The molecule has 1 amide bonds. The average molecular weight is 439 g/mol. The summed E-state index contributed by atoms with van der Waals surface area (Å²) in [6.45, 7) is 5.54. The third kappa shape index (κ3) is 6.12. The molecule has 3 N–H and O–H groups in total. The molecule has 1 saturated heterocycles. The molecule has 0 saturated carbocycles. The summed E-state index contributed by atoms with van der Waals surface area (Å²) in [5, 5.41) is 3.45. The molecule has 2 heterocycles. The molecule has 172 valence electrons. The number of aromatic nitrogens is 1. The van der Waals surface area contributed by atoms with Gasteiger partial charge >= 0.3 is 0 Å². The summed E-state index contributed by atoms with van der Waals surface area (Å²) in [7, 11) is 3.81. The molecule has 0 unspecified atom stereocenters. The van der Waals surface area contributed by atoms with Gasteiger partial charge in [0, 0.05) is 58.0 Å². The van der Waals surface area contributed by atoms with Gasteiger partial charge in [0.1, 0.15) is 11.6 Å². The molecule has 32 heavy (non-hydrogen) atoms. The van der Waals surface area contributed by atoms with Gasteiger partial charge in [0.2, 0.25) is 5.91 Å². The molecule has 1 fully saturated rings. The fourth-order valence-electron chi connectivity index (χ4n) is 3.99. The lowest BCUT2D eigenvalue weighted by atomic mass is 9.96. The maximum atomic E-state index is 11.5. The topological polar surface area (TPSA) is 96.1 Å². The number of benzene rings is 1. The van der Waals surface area contributed by atoms with Gasteiger partial charge in [-0.2, -0.15) is 0 Å². The number of hydrogen-bond donors (Lipinski definition) is 2. The van der Waals surface area contributed by atoms with Crippen LogP contribution < -0.4 is 20.7 Å². The zero-order valence-electron chi connectivity index (χ0n) is 19.3. The number of anilines is 1. The van der Waals surface area contributed by atoms with E-state index < -0.39 is 0 Å². The summed E-state index contributed by atoms with van der Waals surface area (Å²) in [5.41, 5.74) is 7.75. The normalized spacial score (nSPS) is 14.8. The molecule has 0 spiro atoms. The van der Waals surface area contributed by atoms with Crippen molar-refractivity contribution in [1.82, 2.24) is 15.2 Å². The number of aliphatic imine (C=N–C) groups is 1. The molecule has 3 rings (SSSR count). The van der Waals surface area contributed by atoms with Crippen LogP contribution in [0, 0.1) is 5.92 Å². The molecule has 0 aliphatic carbocycles. The second-order valence-corrected chi connectivity index (χ2v) is 7.98. The fraction of sp³-hybridized carbons (Fsp3) is 0.458. The third-order valence-electron chi connectivity index (χ3n) is 5.73. The van der Waals surface area contributed by atoms with Crippen molar-refractivity contribution in [3.05, 3.63) is 53.7 Å². The Morgan fingerprint density at radius 3 is 2.62 bits per heavy atom. The van der Waals surface area contributed by atoms with Crippen molar-refractivity contribution in [2.24, 2.45) is 16.6 Å². The van der Waals surface area contributed by atoms with Crippen LogP contribution in [0.4, 0.5) is 5.82 Å². The Labute approximate surface area is 190 Å². The molecular weight excluding hydrogens is 404 g/mol. The van der Waals surface area contributed by atoms with E-state index >= 15 is 0 Å². The van der Waals surface area contributed by atoms with E-state index in [9.17, 15) is 4.79 Å². The molecule has 0 radical (unpaired) electrons. The minimum absolute atomic E-state index is 0.0355. The van der Waals surface area contributed by atoms with Crippen LogP contribution in [-0.2, 0) is 17.9 Å². The molecule has 1 aliphatic rings. The molecule has 0 bridgehead atoms. The Morgan fingerprint density at radius 1 is 1.28 bits per heavy atom. The predicted octanol–water partition coefficient (Wildman–Crippen LogP) is 2.39. The molecule has 1 aromatic heterocycles. The van der Waals surface area contributed by atoms with Crippen LogP contribution >= 0.6 is 0 Å². The number of pyridine rings is 1. The highest BCUT2D eigenvalue weighted by molar-refractivity contribution is 5.79. The minimum atomic E-state index is -0.202. The van der Waals surface area contributed by atoms with Crippen LogP contribution in [0.3, 0.4) is 0 Å². The van der Waals surface area contributed by atoms with Crippen LogP contribution in [0.5, 0.6) is 5.75 Å². The number of carbonyl (C=O) groups is 1. The molecule has 8 nitrogen and oxygen atoms in total. The first-order chi connectivity index (χ1) is 15.5. The molecule has 8 heteroatoms. The highest BCUT2D eigenvalue weighted by atomic mass is 16.5. The van der Waals surface area contributed by atoms with E-state index in [2.05, 4.69) is 43.3 Å². The van der Waals surface area contributed by atoms with Gasteiger partial charge in [0.05, 0.1) is 6.61 Å². The second-order valence-electron chi connectivity index (χ2n) is 7.98. The number of nitrogens with one attached hydrogen (secondary N) is 1. The SMILES string of the molecule is CCOc1ccc(CN(C)C(=NC)NCc2cccnc2N2CCC(C(N)=O)CC2)cc1. The highest BCUT2D eigenvalue weighted by Crippen LogP contribution is 2.24. The van der Waals surface area contributed by atoms with Crippen LogP contribution in [0.15, 0.2) is 47.6 Å². The van der Waals surface area contributed by atoms with E-state index in [0.717, 1.165) is 55.6 Å². The smallest absolute Gasteiger partial charge is 0.220 e. The van der Waals surface area contributed by atoms with E-state index in [1.165, 1.54) is 5.56 Å². The summed E-state index contributed by atoms with van der Waals surface area (Å²) in [6.07, 6.45) is 3.35. The largest absolute Gasteiger partial charge is 0.494 e. The number of nitrogens with zero attached hydrogens (tertiary/aromatic N) is 4. The Kier molecular flexibility index (Phi) is 8.30. The lowest BCUT2D eigenvalue weighted by Gasteiger charge is -2.32. The number of piperidine rings is 1. The lowest BCUT2D eigenvalue weighted by Crippen LogP contribution is -2.40. The van der Waals surface area contributed by atoms with Crippen molar-refractivity contribution in [1.29, 1.82) is 0 Å². The van der Waals surface area contributed by atoms with Crippen LogP contribution in [-0.4, -0.2) is 55.5 Å². The molecular formula is C24H34N6O2. The van der Waals surface area contributed by atoms with E-state index in [-0.39, 0.29) is 11.8 Å². The van der Waals surface area contributed by atoms with Gasteiger partial charge in [-0.15, -0.1) is 0 Å². The number of primary amides is 1. The van der Waals surface area contributed by atoms with Gasteiger partial charge in [-0.25, -0.2) is 4.98 Å². The number of rotatable bonds is 8. The molecule has 1 aromatic carbocycles. The van der Waals surface area contributed by atoms with Crippen molar-refractivity contribution in [2.75, 3.05) is 38.7 Å². The number of carbonyl (C=O) groups excluding carboxylic acids is 1. The van der Waals surface area contributed by atoms with Crippen molar-refractivity contribution in [3.8, 4) is 5.75 Å². The fourth-order valence-corrected chi connectivity index (χ4v) is 3.99. The van der Waals surface area contributed by atoms with Gasteiger partial charge < -0.3 is 25.6 Å². The van der Waals surface area contributed by atoms with Gasteiger partial charge in [0.15, 0.2) is 5.96 Å². The lowest BCUT2D eigenvalue weighted by molar-refractivity contribution is -0.122. The van der Waals surface area contributed by atoms with E-state index in [0.29, 0.717) is 13.2 Å². The van der Waals surface area contributed by atoms with Gasteiger partial charge in [-0.1, -0.05) is 18.2 Å². The van der Waals surface area contributed by atoms with Crippen molar-refractivity contribution < 1.29 is 9.53 Å². The molecule has 2 aromatic rings. The maximum Gasteiger partial charge on any atom is 0.220 e. The first-order valence-electron chi connectivity index (χ1n) is 11.1. The standard InChI is InChI=1S/C24H34N6O2/c1-4-32-21-9-7-18(8-10-21)17-29(3)24(26-2)28-16-20-6-5-13-27-23(20)30-14-11-19(12-15-30)22(25)31/h5-10,13,19H,4,11-12,14-17H2,1-3H3,(H2,25,31)(H,26,28). The Morgan fingerprint density at radius 2 is 2.00 bits per heavy atom. The monoisotopic (exact) mass is 438 g/mol. The minimum Gasteiger partial charge on any atom is -0.494 e. The summed E-state index contributed by atoms with van der Waals surface area (Å²) in [4.78, 5) is 24.9. The van der Waals surface area contributed by atoms with Crippen molar-refractivity contribution in [3.63, 3.8) is 0 Å². The van der Waals surface area contributed by atoms with Crippen LogP contribution in [0.25, 0.3) is 0 Å². The highest BCUT2D eigenvalue weighted by Gasteiger charge is 2.25. The van der Waals surface area contributed by atoms with Crippen LogP contribution in [0.2, 0.25) is 0 Å². The van der Waals surface area contributed by atoms with Crippen molar-refractivity contribution in [2.45, 2.75) is 32.9 Å². The zero-order chi connectivity index (χ0) is 22.9. The first kappa shape index (κ1) is 23.4. The Bertz CT molecular complexity index is 907. The van der Waals surface area contributed by atoms with Gasteiger partial charge in [0.25, 0.3) is 0 Å². The predicted molar refractivity (Wildman–Crippen MR) is 128 cm³/mol. The first-order valence-corrected chi connectivity index (χ1v) is 11.1. The number of nitrogens with two attached hydrogens (primary N) is 1. The number of amides is 1. The van der Waals surface area contributed by atoms with E-state index in [1.54, 1.807) is 7.05 Å². The quantitative estimate of drug-likeness (QED) is 0.485. The Hall–Kier alpha value is -3.29. The molecule has 0 atom stereocenters. The number of guanidine groups is 1. The summed E-state index contributed by atoms with van der Waals surface area (Å²) in [6, 6.07) is 12.2. The molecule has 1 aliphatic heterocycles. The Balaban J connectivity index is 1.59. The van der Waals surface area contributed by atoms with Crippen molar-refractivity contribution >= 4 is 17.7 Å². The van der Waals surface area contributed by atoms with Gasteiger partial charge in [-0.3, -0.25) is 9.79 Å². The van der Waals surface area contributed by atoms with E-state index in [1.807, 2.05) is 38.4 Å². The summed E-state index contributed by atoms with van der Waals surface area (Å²) in [5.74, 6) is 2.40. The zero-order valence-corrected chi connectivity index (χ0v) is 19.3. The number of ether oxygens (including phenoxy) is 1. The third-order valence-corrected chi connectivity index (χ3v) is 5.73.